The lowest BCUT2D eigenvalue weighted by atomic mass is 10.4. The molecular weight excluding hydrogens is 144 g/mol. The van der Waals surface area contributed by atoms with Crippen molar-refractivity contribution in [3.8, 4) is 0 Å². The summed E-state index contributed by atoms with van der Waals surface area (Å²) in [6.45, 7) is 2.10. The van der Waals surface area contributed by atoms with Crippen LogP contribution >= 0.6 is 11.3 Å². The van der Waals surface area contributed by atoms with Gasteiger partial charge >= 0.3 is 0 Å². The second kappa shape index (κ2) is 1.83. The van der Waals surface area contributed by atoms with Gasteiger partial charge in [0.25, 0.3) is 0 Å². The van der Waals surface area contributed by atoms with Gasteiger partial charge in [-0.3, -0.25) is 4.68 Å². The summed E-state index contributed by atoms with van der Waals surface area (Å²) < 4.78 is 3.13. The highest BCUT2D eigenvalue weighted by molar-refractivity contribution is 7.18. The molecule has 2 aromatic heterocycles. The number of thiophene rings is 1. The van der Waals surface area contributed by atoms with Gasteiger partial charge < -0.3 is 0 Å². The SMILES string of the molecule is Cc1cc2nn(C)cc2s1. The summed E-state index contributed by atoms with van der Waals surface area (Å²) in [5.74, 6) is 0. The van der Waals surface area contributed by atoms with Gasteiger partial charge in [-0.1, -0.05) is 0 Å². The second-order valence-electron chi connectivity index (χ2n) is 2.41. The molecule has 0 aliphatic heterocycles. The molecule has 0 radical (unpaired) electrons. The van der Waals surface area contributed by atoms with Gasteiger partial charge in [0.15, 0.2) is 0 Å². The summed E-state index contributed by atoms with van der Waals surface area (Å²) in [6.07, 6.45) is 2.05. The van der Waals surface area contributed by atoms with E-state index in [-0.39, 0.29) is 0 Å². The van der Waals surface area contributed by atoms with Crippen LogP contribution < -0.4 is 0 Å². The summed E-state index contributed by atoms with van der Waals surface area (Å²) in [5, 5.41) is 4.26. The largest absolute Gasteiger partial charge is 0.274 e. The number of aryl methyl sites for hydroxylation is 2. The van der Waals surface area contributed by atoms with E-state index < -0.39 is 0 Å². The summed E-state index contributed by atoms with van der Waals surface area (Å²) in [7, 11) is 1.95. The third kappa shape index (κ3) is 0.743. The molecule has 0 unspecified atom stereocenters. The predicted molar refractivity (Wildman–Crippen MR) is 43.3 cm³/mol. The van der Waals surface area contributed by atoms with Gasteiger partial charge in [-0.05, 0) is 13.0 Å². The van der Waals surface area contributed by atoms with Crippen LogP contribution in [0.2, 0.25) is 0 Å². The normalized spacial score (nSPS) is 11.0. The highest BCUT2D eigenvalue weighted by Crippen LogP contribution is 2.22. The van der Waals surface area contributed by atoms with Gasteiger partial charge in [0.05, 0.1) is 4.70 Å². The van der Waals surface area contributed by atoms with Crippen LogP contribution in [0.25, 0.3) is 10.2 Å². The minimum absolute atomic E-state index is 1.12. The average Bonchev–Trinajstić information content (AvgIpc) is 2.21. The summed E-state index contributed by atoms with van der Waals surface area (Å²) in [4.78, 5) is 1.33. The monoisotopic (exact) mass is 152 g/mol. The zero-order valence-corrected chi connectivity index (χ0v) is 6.77. The molecule has 3 heteroatoms. The lowest BCUT2D eigenvalue weighted by Crippen LogP contribution is -1.84. The predicted octanol–water partition coefficient (Wildman–Crippen LogP) is 1.94. The van der Waals surface area contributed by atoms with E-state index in [0.29, 0.717) is 0 Å². The highest BCUT2D eigenvalue weighted by Gasteiger charge is 2.00. The molecular formula is C7H8N2S. The molecule has 2 rings (SSSR count). The Morgan fingerprint density at radius 3 is 3.10 bits per heavy atom. The Bertz CT molecular complexity index is 295. The zero-order valence-electron chi connectivity index (χ0n) is 5.96. The number of hydrogen-bond donors (Lipinski definition) is 0. The topological polar surface area (TPSA) is 17.8 Å². The van der Waals surface area contributed by atoms with Crippen LogP contribution in [0.3, 0.4) is 0 Å². The first kappa shape index (κ1) is 5.92. The van der Waals surface area contributed by atoms with Gasteiger partial charge in [-0.2, -0.15) is 5.10 Å². The molecule has 0 amide bonds. The minimum atomic E-state index is 1.12. The van der Waals surface area contributed by atoms with E-state index in [2.05, 4.69) is 18.1 Å². The molecule has 0 bridgehead atoms. The summed E-state index contributed by atoms with van der Waals surface area (Å²) in [5.41, 5.74) is 1.12. The van der Waals surface area contributed by atoms with Crippen molar-refractivity contribution < 1.29 is 0 Å². The van der Waals surface area contributed by atoms with Crippen LogP contribution in [0.15, 0.2) is 12.3 Å². The van der Waals surface area contributed by atoms with E-state index in [1.54, 1.807) is 11.3 Å². The third-order valence-corrected chi connectivity index (χ3v) is 2.41. The number of fused-ring (bicyclic) bond motifs is 1. The van der Waals surface area contributed by atoms with E-state index in [4.69, 9.17) is 0 Å². The quantitative estimate of drug-likeness (QED) is 0.564. The first-order valence-corrected chi connectivity index (χ1v) is 3.97. The lowest BCUT2D eigenvalue weighted by Gasteiger charge is -1.81. The molecule has 0 aliphatic carbocycles. The molecule has 0 N–H and O–H groups in total. The van der Waals surface area contributed by atoms with Crippen molar-refractivity contribution in [3.05, 3.63) is 17.1 Å². The smallest absolute Gasteiger partial charge is 0.103 e. The van der Waals surface area contributed by atoms with E-state index in [9.17, 15) is 0 Å². The van der Waals surface area contributed by atoms with Crippen molar-refractivity contribution in [1.29, 1.82) is 0 Å². The minimum Gasteiger partial charge on any atom is -0.274 e. The molecule has 2 nitrogen and oxygen atoms in total. The molecule has 2 heterocycles. The van der Waals surface area contributed by atoms with Gasteiger partial charge in [0, 0.05) is 18.1 Å². The van der Waals surface area contributed by atoms with E-state index >= 15 is 0 Å². The van der Waals surface area contributed by atoms with Crippen LogP contribution in [-0.2, 0) is 7.05 Å². The van der Waals surface area contributed by atoms with Gasteiger partial charge in [-0.25, -0.2) is 0 Å². The molecule has 0 atom stereocenters. The molecule has 0 saturated carbocycles. The maximum atomic E-state index is 4.26. The second-order valence-corrected chi connectivity index (χ2v) is 3.70. The van der Waals surface area contributed by atoms with Crippen molar-refractivity contribution in [3.63, 3.8) is 0 Å². The molecule has 0 aliphatic rings. The Kier molecular flexibility index (Phi) is 1.08. The lowest BCUT2D eigenvalue weighted by molar-refractivity contribution is 0.779. The van der Waals surface area contributed by atoms with E-state index in [1.807, 2.05) is 17.9 Å². The van der Waals surface area contributed by atoms with Crippen molar-refractivity contribution in [2.75, 3.05) is 0 Å². The van der Waals surface area contributed by atoms with Crippen LogP contribution in [0, 0.1) is 6.92 Å². The Hall–Kier alpha value is -0.830. The van der Waals surface area contributed by atoms with Gasteiger partial charge in [0.2, 0.25) is 0 Å². The van der Waals surface area contributed by atoms with Crippen LogP contribution in [0.5, 0.6) is 0 Å². The fourth-order valence-electron chi connectivity index (χ4n) is 1.06. The van der Waals surface area contributed by atoms with Gasteiger partial charge in [0.1, 0.15) is 5.52 Å². The standard InChI is InChI=1S/C7H8N2S/c1-5-3-6-7(10-5)4-9(2)8-6/h3-4H,1-2H3. The molecule has 0 fully saturated rings. The Morgan fingerprint density at radius 1 is 1.60 bits per heavy atom. The average molecular weight is 152 g/mol. The molecule has 2 aromatic rings. The molecule has 52 valence electrons. The van der Waals surface area contributed by atoms with Crippen molar-refractivity contribution in [1.82, 2.24) is 9.78 Å². The van der Waals surface area contributed by atoms with Crippen molar-refractivity contribution >= 4 is 21.6 Å². The first-order chi connectivity index (χ1) is 4.75. The number of nitrogens with zero attached hydrogens (tertiary/aromatic N) is 2. The maximum absolute atomic E-state index is 4.26. The number of rotatable bonds is 0. The summed E-state index contributed by atoms with van der Waals surface area (Å²) in [6, 6.07) is 2.11. The Labute approximate surface area is 63.1 Å². The maximum Gasteiger partial charge on any atom is 0.103 e. The zero-order chi connectivity index (χ0) is 7.14. The molecule has 0 spiro atoms. The van der Waals surface area contributed by atoms with Gasteiger partial charge in [-0.15, -0.1) is 11.3 Å². The fraction of sp³-hybridized carbons (Fsp3) is 0.286. The van der Waals surface area contributed by atoms with E-state index in [0.717, 1.165) is 5.52 Å². The van der Waals surface area contributed by atoms with Crippen LogP contribution in [0.4, 0.5) is 0 Å². The first-order valence-electron chi connectivity index (χ1n) is 3.15. The summed E-state index contributed by atoms with van der Waals surface area (Å²) >= 11 is 1.79. The molecule has 0 aromatic carbocycles. The number of aromatic nitrogens is 2. The van der Waals surface area contributed by atoms with E-state index in [1.165, 1.54) is 9.58 Å². The van der Waals surface area contributed by atoms with Crippen LogP contribution in [-0.4, -0.2) is 9.78 Å². The van der Waals surface area contributed by atoms with Crippen LogP contribution in [0.1, 0.15) is 4.88 Å². The highest BCUT2D eigenvalue weighted by atomic mass is 32.1. The Morgan fingerprint density at radius 2 is 2.40 bits per heavy atom. The van der Waals surface area contributed by atoms with Crippen molar-refractivity contribution in [2.45, 2.75) is 6.92 Å². The molecule has 10 heavy (non-hydrogen) atoms. The third-order valence-electron chi connectivity index (χ3n) is 1.43. The molecule has 0 saturated heterocycles. The fourth-order valence-corrected chi connectivity index (χ4v) is 1.98. The Balaban J connectivity index is 2.83. The van der Waals surface area contributed by atoms with Crippen molar-refractivity contribution in [2.24, 2.45) is 7.05 Å². The number of hydrogen-bond acceptors (Lipinski definition) is 2.